The minimum Gasteiger partial charge on any atom is -0.459 e. The maximum Gasteiger partial charge on any atom is 0.408 e. The maximum absolute atomic E-state index is 13.2. The predicted molar refractivity (Wildman–Crippen MR) is 101 cm³/mol. The van der Waals surface area contributed by atoms with Crippen molar-refractivity contribution in [3.05, 3.63) is 71.5 Å². The van der Waals surface area contributed by atoms with Gasteiger partial charge in [0.05, 0.1) is 6.04 Å². The number of amides is 1. The Balaban J connectivity index is 2.13. The van der Waals surface area contributed by atoms with E-state index in [0.717, 1.165) is 5.56 Å². The van der Waals surface area contributed by atoms with Crippen molar-refractivity contribution in [2.75, 3.05) is 0 Å². The van der Waals surface area contributed by atoms with Crippen molar-refractivity contribution >= 4 is 12.1 Å². The van der Waals surface area contributed by atoms with E-state index in [4.69, 9.17) is 9.47 Å². The van der Waals surface area contributed by atoms with Crippen molar-refractivity contribution in [3.63, 3.8) is 0 Å². The standard InChI is InChI=1S/C21H24FNO5/c1-21(2,3)28-20(26)23-17(15-9-11-16(22)12-10-15)18(24)19(25)27-13-14-7-5-4-6-8-14/h4-12,17-18,24H,13H2,1-3H3,(H,23,26)/t17-,18+/m0/s1. The Hall–Kier alpha value is -2.93. The number of aliphatic hydroxyl groups excluding tert-OH is 1. The van der Waals surface area contributed by atoms with Crippen LogP contribution in [0.5, 0.6) is 0 Å². The first-order valence-corrected chi connectivity index (χ1v) is 8.79. The van der Waals surface area contributed by atoms with E-state index in [1.165, 1.54) is 24.3 Å². The molecule has 2 rings (SSSR count). The molecule has 0 aliphatic carbocycles. The van der Waals surface area contributed by atoms with Crippen molar-refractivity contribution in [1.29, 1.82) is 0 Å². The lowest BCUT2D eigenvalue weighted by Gasteiger charge is -2.26. The molecule has 2 atom stereocenters. The highest BCUT2D eigenvalue weighted by molar-refractivity contribution is 5.77. The minimum atomic E-state index is -1.71. The summed E-state index contributed by atoms with van der Waals surface area (Å²) in [4.78, 5) is 24.5. The largest absolute Gasteiger partial charge is 0.459 e. The Morgan fingerprint density at radius 3 is 2.25 bits per heavy atom. The molecule has 0 aromatic heterocycles. The monoisotopic (exact) mass is 389 g/mol. The molecule has 0 aliphatic rings. The van der Waals surface area contributed by atoms with Gasteiger partial charge in [0.25, 0.3) is 0 Å². The molecule has 0 saturated carbocycles. The van der Waals surface area contributed by atoms with Gasteiger partial charge >= 0.3 is 12.1 Å². The van der Waals surface area contributed by atoms with Crippen LogP contribution in [-0.2, 0) is 20.9 Å². The van der Waals surface area contributed by atoms with E-state index >= 15 is 0 Å². The summed E-state index contributed by atoms with van der Waals surface area (Å²) in [6, 6.07) is 12.9. The van der Waals surface area contributed by atoms with Crippen molar-refractivity contribution in [2.45, 2.75) is 45.1 Å². The first-order chi connectivity index (χ1) is 13.2. The van der Waals surface area contributed by atoms with Crippen molar-refractivity contribution in [2.24, 2.45) is 0 Å². The third kappa shape index (κ3) is 6.66. The Labute approximate surface area is 163 Å². The highest BCUT2D eigenvalue weighted by Gasteiger charge is 2.32. The zero-order chi connectivity index (χ0) is 20.7. The summed E-state index contributed by atoms with van der Waals surface area (Å²) in [6.07, 6.45) is -2.53. The number of nitrogens with one attached hydrogen (secondary N) is 1. The van der Waals surface area contributed by atoms with Crippen LogP contribution in [0.2, 0.25) is 0 Å². The normalized spacial score (nSPS) is 13.3. The second-order valence-corrected chi connectivity index (χ2v) is 7.21. The molecule has 0 radical (unpaired) electrons. The fourth-order valence-corrected chi connectivity index (χ4v) is 2.40. The number of carbonyl (C=O) groups is 2. The van der Waals surface area contributed by atoms with Crippen molar-refractivity contribution in [1.82, 2.24) is 5.32 Å². The lowest BCUT2D eigenvalue weighted by molar-refractivity contribution is -0.156. The second-order valence-electron chi connectivity index (χ2n) is 7.21. The molecule has 6 nitrogen and oxygen atoms in total. The van der Waals surface area contributed by atoms with E-state index in [0.29, 0.717) is 5.56 Å². The van der Waals surface area contributed by atoms with Gasteiger partial charge in [0.2, 0.25) is 0 Å². The Morgan fingerprint density at radius 1 is 1.07 bits per heavy atom. The Kier molecular flexibility index (Phi) is 7.12. The zero-order valence-corrected chi connectivity index (χ0v) is 16.0. The maximum atomic E-state index is 13.2. The van der Waals surface area contributed by atoms with E-state index in [-0.39, 0.29) is 6.61 Å². The summed E-state index contributed by atoms with van der Waals surface area (Å²) in [5, 5.41) is 12.9. The molecule has 2 aromatic rings. The number of ether oxygens (including phenoxy) is 2. The Morgan fingerprint density at radius 2 is 1.68 bits per heavy atom. The molecule has 0 spiro atoms. The van der Waals surface area contributed by atoms with E-state index in [2.05, 4.69) is 5.32 Å². The van der Waals surface area contributed by atoms with Crippen LogP contribution in [0.1, 0.15) is 37.9 Å². The molecule has 1 amide bonds. The van der Waals surface area contributed by atoms with Crippen molar-refractivity contribution < 1.29 is 28.6 Å². The van der Waals surface area contributed by atoms with E-state index in [9.17, 15) is 19.1 Å². The average Bonchev–Trinajstić information content (AvgIpc) is 2.64. The van der Waals surface area contributed by atoms with Gasteiger partial charge in [0.1, 0.15) is 18.0 Å². The number of esters is 1. The second kappa shape index (κ2) is 9.32. The molecule has 28 heavy (non-hydrogen) atoms. The SMILES string of the molecule is CC(C)(C)OC(=O)N[C@@H](c1ccc(F)cc1)[C@@H](O)C(=O)OCc1ccccc1. The first kappa shape index (κ1) is 21.4. The summed E-state index contributed by atoms with van der Waals surface area (Å²) >= 11 is 0. The molecule has 150 valence electrons. The van der Waals surface area contributed by atoms with Crippen LogP contribution in [0.4, 0.5) is 9.18 Å². The van der Waals surface area contributed by atoms with Gasteiger partial charge in [-0.05, 0) is 44.0 Å². The molecule has 0 saturated heterocycles. The lowest BCUT2D eigenvalue weighted by atomic mass is 10.0. The van der Waals surface area contributed by atoms with E-state index in [1.807, 2.05) is 6.07 Å². The summed E-state index contributed by atoms with van der Waals surface area (Å²) in [5.41, 5.74) is 0.314. The lowest BCUT2D eigenvalue weighted by Crippen LogP contribution is -2.43. The van der Waals surface area contributed by atoms with Gasteiger partial charge in [-0.15, -0.1) is 0 Å². The fourth-order valence-electron chi connectivity index (χ4n) is 2.40. The van der Waals surface area contributed by atoms with Crippen LogP contribution >= 0.6 is 0 Å². The smallest absolute Gasteiger partial charge is 0.408 e. The molecular weight excluding hydrogens is 365 g/mol. The number of alkyl carbamates (subject to hydrolysis) is 1. The highest BCUT2D eigenvalue weighted by Crippen LogP contribution is 2.20. The molecule has 0 fully saturated rings. The van der Waals surface area contributed by atoms with Crippen LogP contribution in [0.15, 0.2) is 54.6 Å². The van der Waals surface area contributed by atoms with Crippen LogP contribution in [0.3, 0.4) is 0 Å². The molecule has 2 N–H and O–H groups in total. The summed E-state index contributed by atoms with van der Waals surface area (Å²) in [6.45, 7) is 5.03. The zero-order valence-electron chi connectivity index (χ0n) is 16.0. The summed E-state index contributed by atoms with van der Waals surface area (Å²) < 4.78 is 23.6. The van der Waals surface area contributed by atoms with Crippen LogP contribution < -0.4 is 5.32 Å². The molecular formula is C21H24FNO5. The highest BCUT2D eigenvalue weighted by atomic mass is 19.1. The third-order valence-corrected chi connectivity index (χ3v) is 3.68. The molecule has 2 aromatic carbocycles. The van der Waals surface area contributed by atoms with Gasteiger partial charge in [0, 0.05) is 0 Å². The first-order valence-electron chi connectivity index (χ1n) is 8.79. The predicted octanol–water partition coefficient (Wildman–Crippen LogP) is 3.50. The van der Waals surface area contributed by atoms with Gasteiger partial charge in [-0.1, -0.05) is 42.5 Å². The number of aliphatic hydroxyl groups is 1. The number of hydrogen-bond acceptors (Lipinski definition) is 5. The minimum absolute atomic E-state index is 0.0285. The van der Waals surface area contributed by atoms with Gasteiger partial charge in [-0.25, -0.2) is 14.0 Å². The topological polar surface area (TPSA) is 84.9 Å². The fraction of sp³-hybridized carbons (Fsp3) is 0.333. The van der Waals surface area contributed by atoms with E-state index in [1.54, 1.807) is 45.0 Å². The molecule has 0 heterocycles. The number of benzene rings is 2. The number of hydrogen-bond donors (Lipinski definition) is 2. The molecule has 0 unspecified atom stereocenters. The average molecular weight is 389 g/mol. The Bertz CT molecular complexity index is 787. The molecule has 0 bridgehead atoms. The van der Waals surface area contributed by atoms with Gasteiger partial charge in [-0.3, -0.25) is 0 Å². The van der Waals surface area contributed by atoms with Gasteiger partial charge < -0.3 is 19.9 Å². The van der Waals surface area contributed by atoms with Crippen LogP contribution in [0.25, 0.3) is 0 Å². The van der Waals surface area contributed by atoms with Crippen LogP contribution in [0, 0.1) is 5.82 Å². The molecule has 7 heteroatoms. The number of rotatable bonds is 6. The quantitative estimate of drug-likeness (QED) is 0.739. The number of halogens is 1. The van der Waals surface area contributed by atoms with Crippen molar-refractivity contribution in [3.8, 4) is 0 Å². The number of carbonyl (C=O) groups excluding carboxylic acids is 2. The third-order valence-electron chi connectivity index (χ3n) is 3.68. The summed E-state index contributed by atoms with van der Waals surface area (Å²) in [7, 11) is 0. The summed E-state index contributed by atoms with van der Waals surface area (Å²) in [5.74, 6) is -1.41. The van der Waals surface area contributed by atoms with Crippen LogP contribution in [-0.4, -0.2) is 28.9 Å². The van der Waals surface area contributed by atoms with Gasteiger partial charge in [0.15, 0.2) is 6.10 Å². The molecule has 0 aliphatic heterocycles. The van der Waals surface area contributed by atoms with E-state index < -0.39 is 35.6 Å². The van der Waals surface area contributed by atoms with Gasteiger partial charge in [-0.2, -0.15) is 0 Å².